The molecule has 1 N–H and O–H groups in total. The van der Waals surface area contributed by atoms with Crippen LogP contribution in [-0.2, 0) is 4.79 Å². The van der Waals surface area contributed by atoms with Gasteiger partial charge in [0.25, 0.3) is 0 Å². The van der Waals surface area contributed by atoms with E-state index in [4.69, 9.17) is 4.74 Å². The third-order valence-electron chi connectivity index (χ3n) is 4.51. The predicted molar refractivity (Wildman–Crippen MR) is 85.2 cm³/mol. The molecular formula is C16H24N4O2. The predicted octanol–water partition coefficient (Wildman–Crippen LogP) is 0.738. The lowest BCUT2D eigenvalue weighted by Gasteiger charge is -2.37. The number of anilines is 1. The highest BCUT2D eigenvalue weighted by Gasteiger charge is 2.28. The van der Waals surface area contributed by atoms with Crippen LogP contribution in [0, 0.1) is 5.92 Å². The van der Waals surface area contributed by atoms with Crippen LogP contribution < -0.4 is 15.0 Å². The maximum Gasteiger partial charge on any atom is 0.227 e. The zero-order valence-corrected chi connectivity index (χ0v) is 13.1. The van der Waals surface area contributed by atoms with Gasteiger partial charge in [-0.2, -0.15) is 0 Å². The second kappa shape index (κ2) is 6.96. The first-order chi connectivity index (χ1) is 10.8. The van der Waals surface area contributed by atoms with Crippen molar-refractivity contribution in [3.8, 4) is 5.75 Å². The Kier molecular flexibility index (Phi) is 4.77. The number of ether oxygens (including phenoxy) is 1. The second-order valence-corrected chi connectivity index (χ2v) is 5.91. The molecule has 0 aliphatic carbocycles. The number of aromatic nitrogens is 1. The Bertz CT molecular complexity index is 509. The van der Waals surface area contributed by atoms with Crippen LogP contribution in [0.4, 0.5) is 5.82 Å². The van der Waals surface area contributed by atoms with Crippen molar-refractivity contribution in [2.45, 2.75) is 12.8 Å². The van der Waals surface area contributed by atoms with Crippen molar-refractivity contribution in [1.29, 1.82) is 0 Å². The van der Waals surface area contributed by atoms with E-state index in [1.165, 1.54) is 0 Å². The number of rotatable bonds is 3. The van der Waals surface area contributed by atoms with Gasteiger partial charge in [0.15, 0.2) is 0 Å². The van der Waals surface area contributed by atoms with E-state index >= 15 is 0 Å². The van der Waals surface area contributed by atoms with Gasteiger partial charge in [0.2, 0.25) is 5.91 Å². The van der Waals surface area contributed by atoms with Gasteiger partial charge in [-0.3, -0.25) is 4.79 Å². The number of nitrogens with one attached hydrogen (secondary N) is 1. The number of methoxy groups -OCH3 is 1. The average Bonchev–Trinajstić information content (AvgIpc) is 2.62. The zero-order valence-electron chi connectivity index (χ0n) is 13.1. The SMILES string of the molecule is COc1ccnc(N2CCN(C(=O)C3CCCNC3)CC2)c1. The summed E-state index contributed by atoms with van der Waals surface area (Å²) in [6.45, 7) is 5.07. The maximum absolute atomic E-state index is 12.5. The minimum Gasteiger partial charge on any atom is -0.497 e. The topological polar surface area (TPSA) is 57.7 Å². The molecule has 2 saturated heterocycles. The van der Waals surface area contributed by atoms with Gasteiger partial charge in [-0.15, -0.1) is 0 Å². The number of carbonyl (C=O) groups is 1. The smallest absolute Gasteiger partial charge is 0.227 e. The highest BCUT2D eigenvalue weighted by atomic mass is 16.5. The summed E-state index contributed by atoms with van der Waals surface area (Å²) >= 11 is 0. The highest BCUT2D eigenvalue weighted by Crippen LogP contribution is 2.20. The number of piperazine rings is 1. The molecule has 120 valence electrons. The molecule has 1 aromatic rings. The third-order valence-corrected chi connectivity index (χ3v) is 4.51. The minimum atomic E-state index is 0.162. The van der Waals surface area contributed by atoms with Crippen LogP contribution >= 0.6 is 0 Å². The number of piperidine rings is 1. The quantitative estimate of drug-likeness (QED) is 0.892. The summed E-state index contributed by atoms with van der Waals surface area (Å²) in [5.41, 5.74) is 0. The van der Waals surface area contributed by atoms with Crippen LogP contribution in [0.15, 0.2) is 18.3 Å². The van der Waals surface area contributed by atoms with Gasteiger partial charge in [-0.05, 0) is 25.5 Å². The van der Waals surface area contributed by atoms with Gasteiger partial charge in [0, 0.05) is 45.0 Å². The molecule has 6 heteroatoms. The van der Waals surface area contributed by atoms with Crippen molar-refractivity contribution < 1.29 is 9.53 Å². The Morgan fingerprint density at radius 2 is 2.18 bits per heavy atom. The second-order valence-electron chi connectivity index (χ2n) is 5.91. The summed E-state index contributed by atoms with van der Waals surface area (Å²) in [6, 6.07) is 3.79. The molecule has 1 atom stereocenters. The number of nitrogens with zero attached hydrogens (tertiary/aromatic N) is 3. The average molecular weight is 304 g/mol. The fourth-order valence-electron chi connectivity index (χ4n) is 3.18. The third kappa shape index (κ3) is 3.32. The summed E-state index contributed by atoms with van der Waals surface area (Å²) in [5, 5.41) is 3.32. The van der Waals surface area contributed by atoms with Crippen LogP contribution in [0.2, 0.25) is 0 Å². The van der Waals surface area contributed by atoms with Crippen molar-refractivity contribution in [3.63, 3.8) is 0 Å². The molecule has 22 heavy (non-hydrogen) atoms. The highest BCUT2D eigenvalue weighted by molar-refractivity contribution is 5.79. The van der Waals surface area contributed by atoms with Crippen LogP contribution in [0.5, 0.6) is 5.75 Å². The summed E-state index contributed by atoms with van der Waals surface area (Å²) in [5.74, 6) is 2.21. The first kappa shape index (κ1) is 15.1. The van der Waals surface area contributed by atoms with E-state index in [2.05, 4.69) is 15.2 Å². The van der Waals surface area contributed by atoms with E-state index in [1.807, 2.05) is 17.0 Å². The fraction of sp³-hybridized carbons (Fsp3) is 0.625. The first-order valence-corrected chi connectivity index (χ1v) is 8.02. The Morgan fingerprint density at radius 3 is 2.86 bits per heavy atom. The van der Waals surface area contributed by atoms with Crippen molar-refractivity contribution in [3.05, 3.63) is 18.3 Å². The lowest BCUT2D eigenvalue weighted by atomic mass is 9.98. The number of pyridine rings is 1. The molecule has 0 aromatic carbocycles. The standard InChI is InChI=1S/C16H24N4O2/c1-22-14-4-6-18-15(11-14)19-7-9-20(10-8-19)16(21)13-3-2-5-17-12-13/h4,6,11,13,17H,2-3,5,7-10,12H2,1H3. The largest absolute Gasteiger partial charge is 0.497 e. The van der Waals surface area contributed by atoms with Crippen LogP contribution in [0.3, 0.4) is 0 Å². The minimum absolute atomic E-state index is 0.162. The molecule has 1 aromatic heterocycles. The Morgan fingerprint density at radius 1 is 1.36 bits per heavy atom. The molecule has 2 fully saturated rings. The summed E-state index contributed by atoms with van der Waals surface area (Å²) in [7, 11) is 1.66. The van der Waals surface area contributed by atoms with E-state index in [0.717, 1.165) is 63.7 Å². The maximum atomic E-state index is 12.5. The zero-order chi connectivity index (χ0) is 15.4. The lowest BCUT2D eigenvalue weighted by molar-refractivity contribution is -0.136. The molecular weight excluding hydrogens is 280 g/mol. The molecule has 1 unspecified atom stereocenters. The van der Waals surface area contributed by atoms with Gasteiger partial charge in [-0.1, -0.05) is 0 Å². The van der Waals surface area contributed by atoms with Gasteiger partial charge >= 0.3 is 0 Å². The van der Waals surface area contributed by atoms with E-state index in [1.54, 1.807) is 13.3 Å². The molecule has 2 aliphatic rings. The van der Waals surface area contributed by atoms with Crippen LogP contribution in [0.25, 0.3) is 0 Å². The summed E-state index contributed by atoms with van der Waals surface area (Å²) in [4.78, 5) is 21.2. The molecule has 1 amide bonds. The normalized spacial score (nSPS) is 22.5. The molecule has 0 spiro atoms. The summed E-state index contributed by atoms with van der Waals surface area (Å²) < 4.78 is 5.25. The van der Waals surface area contributed by atoms with E-state index < -0.39 is 0 Å². The molecule has 3 heterocycles. The van der Waals surface area contributed by atoms with Crippen molar-refractivity contribution in [2.24, 2.45) is 5.92 Å². The molecule has 0 bridgehead atoms. The van der Waals surface area contributed by atoms with Gasteiger partial charge in [0.05, 0.1) is 13.0 Å². The fourth-order valence-corrected chi connectivity index (χ4v) is 3.18. The van der Waals surface area contributed by atoms with E-state index in [0.29, 0.717) is 5.91 Å². The molecule has 0 saturated carbocycles. The molecule has 0 radical (unpaired) electrons. The monoisotopic (exact) mass is 304 g/mol. The lowest BCUT2D eigenvalue weighted by Crippen LogP contribution is -2.52. The van der Waals surface area contributed by atoms with Crippen molar-refractivity contribution >= 4 is 11.7 Å². The Balaban J connectivity index is 1.56. The first-order valence-electron chi connectivity index (χ1n) is 8.02. The molecule has 6 nitrogen and oxygen atoms in total. The molecule has 2 aliphatic heterocycles. The number of hydrogen-bond acceptors (Lipinski definition) is 5. The van der Waals surface area contributed by atoms with Crippen LogP contribution in [-0.4, -0.2) is 62.2 Å². The number of carbonyl (C=O) groups excluding carboxylic acids is 1. The Hall–Kier alpha value is -1.82. The van der Waals surface area contributed by atoms with Gasteiger partial charge < -0.3 is 19.9 Å². The van der Waals surface area contributed by atoms with Gasteiger partial charge in [0.1, 0.15) is 11.6 Å². The number of hydrogen-bond donors (Lipinski definition) is 1. The van der Waals surface area contributed by atoms with Crippen molar-refractivity contribution in [1.82, 2.24) is 15.2 Å². The van der Waals surface area contributed by atoms with E-state index in [9.17, 15) is 4.79 Å². The molecule has 3 rings (SSSR count). The van der Waals surface area contributed by atoms with Gasteiger partial charge in [-0.25, -0.2) is 4.98 Å². The summed E-state index contributed by atoms with van der Waals surface area (Å²) in [6.07, 6.45) is 3.88. The Labute approximate surface area is 131 Å². The van der Waals surface area contributed by atoms with Crippen LogP contribution in [0.1, 0.15) is 12.8 Å². The van der Waals surface area contributed by atoms with Crippen molar-refractivity contribution in [2.75, 3.05) is 51.3 Å². The number of amides is 1. The van der Waals surface area contributed by atoms with E-state index in [-0.39, 0.29) is 5.92 Å².